The lowest BCUT2D eigenvalue weighted by atomic mass is 10.0. The molecule has 0 fully saturated rings. The van der Waals surface area contributed by atoms with E-state index >= 15 is 0 Å². The van der Waals surface area contributed by atoms with Crippen LogP contribution in [0, 0.1) is 11.7 Å². The van der Waals surface area contributed by atoms with Crippen LogP contribution in [-0.2, 0) is 13.0 Å². The molecule has 1 atom stereocenters. The minimum absolute atomic E-state index is 0.0182. The van der Waals surface area contributed by atoms with E-state index < -0.39 is 17.8 Å². The van der Waals surface area contributed by atoms with Crippen molar-refractivity contribution in [2.45, 2.75) is 32.9 Å². The van der Waals surface area contributed by atoms with Crippen molar-refractivity contribution in [1.29, 1.82) is 0 Å². The average molecular weight is 417 g/mol. The van der Waals surface area contributed by atoms with Crippen LogP contribution in [0.3, 0.4) is 0 Å². The van der Waals surface area contributed by atoms with Crippen molar-refractivity contribution in [3.8, 4) is 0 Å². The van der Waals surface area contributed by atoms with Gasteiger partial charge in [0.15, 0.2) is 5.65 Å². The predicted molar refractivity (Wildman–Crippen MR) is 119 cm³/mol. The minimum Gasteiger partial charge on any atom is -0.343 e. The molecule has 0 bridgehead atoms. The highest BCUT2D eigenvalue weighted by atomic mass is 19.1. The van der Waals surface area contributed by atoms with Crippen LogP contribution in [0.15, 0.2) is 72.9 Å². The van der Waals surface area contributed by atoms with Gasteiger partial charge in [0.05, 0.1) is 17.3 Å². The lowest BCUT2D eigenvalue weighted by molar-refractivity contribution is 0.0931. The van der Waals surface area contributed by atoms with Gasteiger partial charge in [-0.15, -0.1) is 0 Å². The van der Waals surface area contributed by atoms with E-state index in [0.29, 0.717) is 18.9 Å². The molecule has 0 spiro atoms. The summed E-state index contributed by atoms with van der Waals surface area (Å²) in [7, 11) is 0. The molecule has 2 aromatic carbocycles. The molecule has 1 N–H and O–H groups in total. The van der Waals surface area contributed by atoms with E-state index in [1.54, 1.807) is 18.3 Å². The maximum atomic E-state index is 14.2. The third kappa shape index (κ3) is 4.63. The molecule has 158 valence electrons. The maximum Gasteiger partial charge on any atom is 0.254 e. The molecule has 2 aromatic heterocycles. The smallest absolute Gasteiger partial charge is 0.254 e. The Kier molecular flexibility index (Phi) is 6.07. The Morgan fingerprint density at radius 1 is 1.03 bits per heavy atom. The number of amides is 1. The summed E-state index contributed by atoms with van der Waals surface area (Å²) in [5.74, 6) is -0.622. The zero-order valence-corrected chi connectivity index (χ0v) is 17.6. The maximum absolute atomic E-state index is 14.2. The first-order chi connectivity index (χ1) is 15.0. The van der Waals surface area contributed by atoms with Gasteiger partial charge < -0.3 is 5.32 Å². The number of rotatable bonds is 7. The van der Waals surface area contributed by atoms with Crippen molar-refractivity contribution in [3.63, 3.8) is 0 Å². The van der Waals surface area contributed by atoms with E-state index in [-0.39, 0.29) is 5.56 Å². The topological polar surface area (TPSA) is 59.8 Å². The van der Waals surface area contributed by atoms with E-state index in [1.807, 2.05) is 47.1 Å². The van der Waals surface area contributed by atoms with Gasteiger partial charge in [-0.2, -0.15) is 5.10 Å². The molecule has 4 rings (SSSR count). The van der Waals surface area contributed by atoms with Gasteiger partial charge in [0.25, 0.3) is 5.91 Å². The normalized spacial score (nSPS) is 12.3. The second kappa shape index (κ2) is 9.08. The number of fused-ring (bicyclic) bond motifs is 1. The molecule has 4 aromatic rings. The van der Waals surface area contributed by atoms with Gasteiger partial charge in [0.2, 0.25) is 0 Å². The van der Waals surface area contributed by atoms with Crippen molar-refractivity contribution < 1.29 is 9.18 Å². The number of pyridine rings is 1. The lowest BCUT2D eigenvalue weighted by Crippen LogP contribution is -2.31. The molecule has 0 saturated carbocycles. The number of nitrogens with zero attached hydrogens (tertiary/aromatic N) is 3. The average Bonchev–Trinajstić information content (AvgIpc) is 3.12. The van der Waals surface area contributed by atoms with E-state index in [9.17, 15) is 9.18 Å². The van der Waals surface area contributed by atoms with Crippen molar-refractivity contribution >= 4 is 16.9 Å². The first-order valence-corrected chi connectivity index (χ1v) is 10.4. The zero-order valence-electron chi connectivity index (χ0n) is 17.6. The van der Waals surface area contributed by atoms with Crippen LogP contribution in [0.2, 0.25) is 0 Å². The predicted octanol–water partition coefficient (Wildman–Crippen LogP) is 4.94. The summed E-state index contributed by atoms with van der Waals surface area (Å²) in [6.45, 7) is 4.96. The van der Waals surface area contributed by atoms with Gasteiger partial charge in [-0.3, -0.25) is 4.79 Å². The first-order valence-electron chi connectivity index (χ1n) is 10.4. The van der Waals surface area contributed by atoms with Gasteiger partial charge in [0, 0.05) is 18.1 Å². The quantitative estimate of drug-likeness (QED) is 0.464. The summed E-state index contributed by atoms with van der Waals surface area (Å²) in [4.78, 5) is 17.5. The molecule has 2 heterocycles. The standard InChI is InChI=1S/C25H25FN4O/c1-17(2)16-30-24-20(12-8-14-27-24)23(29-30)22(15-18-9-4-3-5-10-18)28-25(31)19-11-6-7-13-21(19)26/h3-14,17,22H,15-16H2,1-2H3,(H,28,31)/t22-/m0/s1. The molecule has 31 heavy (non-hydrogen) atoms. The summed E-state index contributed by atoms with van der Waals surface area (Å²) in [6, 6.07) is 19.3. The minimum atomic E-state index is -0.546. The molecule has 5 nitrogen and oxygen atoms in total. The van der Waals surface area contributed by atoms with Crippen LogP contribution < -0.4 is 5.32 Å². The summed E-state index contributed by atoms with van der Waals surface area (Å²) >= 11 is 0. The fourth-order valence-corrected chi connectivity index (χ4v) is 3.71. The fourth-order valence-electron chi connectivity index (χ4n) is 3.71. The van der Waals surface area contributed by atoms with Crippen LogP contribution in [0.1, 0.15) is 41.5 Å². The van der Waals surface area contributed by atoms with Crippen LogP contribution in [0.4, 0.5) is 4.39 Å². The zero-order chi connectivity index (χ0) is 21.8. The fraction of sp³-hybridized carbons (Fsp3) is 0.240. The SMILES string of the molecule is CC(C)Cn1nc([C@H](Cc2ccccc2)NC(=O)c2ccccc2F)c2cccnc21. The Morgan fingerprint density at radius 3 is 2.52 bits per heavy atom. The highest BCUT2D eigenvalue weighted by molar-refractivity contribution is 5.95. The first kappa shape index (κ1) is 20.7. The molecule has 6 heteroatoms. The number of benzene rings is 2. The van der Waals surface area contributed by atoms with Crippen LogP contribution in [0.5, 0.6) is 0 Å². The Bertz CT molecular complexity index is 1190. The van der Waals surface area contributed by atoms with Crippen LogP contribution >= 0.6 is 0 Å². The third-order valence-corrected chi connectivity index (χ3v) is 5.11. The van der Waals surface area contributed by atoms with Crippen molar-refractivity contribution in [2.75, 3.05) is 0 Å². The Balaban J connectivity index is 1.76. The Labute approximate surface area is 180 Å². The van der Waals surface area contributed by atoms with Gasteiger partial charge in [-0.05, 0) is 42.2 Å². The molecular weight excluding hydrogens is 391 g/mol. The second-order valence-electron chi connectivity index (χ2n) is 8.03. The number of hydrogen-bond donors (Lipinski definition) is 1. The molecule has 1 amide bonds. The summed E-state index contributed by atoms with van der Waals surface area (Å²) in [5.41, 5.74) is 2.59. The number of hydrogen-bond acceptors (Lipinski definition) is 3. The molecular formula is C25H25FN4O. The van der Waals surface area contributed by atoms with Crippen LogP contribution in [-0.4, -0.2) is 20.7 Å². The monoisotopic (exact) mass is 416 g/mol. The van der Waals surface area contributed by atoms with E-state index in [2.05, 4.69) is 24.1 Å². The third-order valence-electron chi connectivity index (χ3n) is 5.11. The molecule has 0 aliphatic heterocycles. The number of carbonyl (C=O) groups excluding carboxylic acids is 1. The number of carbonyl (C=O) groups is 1. The van der Waals surface area contributed by atoms with E-state index in [4.69, 9.17) is 5.10 Å². The molecule has 0 saturated heterocycles. The van der Waals surface area contributed by atoms with Gasteiger partial charge in [-0.1, -0.05) is 56.3 Å². The second-order valence-corrected chi connectivity index (χ2v) is 8.03. The van der Waals surface area contributed by atoms with Gasteiger partial charge >= 0.3 is 0 Å². The van der Waals surface area contributed by atoms with Crippen molar-refractivity contribution in [1.82, 2.24) is 20.1 Å². The summed E-state index contributed by atoms with van der Waals surface area (Å²) in [5, 5.41) is 8.74. The highest BCUT2D eigenvalue weighted by Gasteiger charge is 2.24. The summed E-state index contributed by atoms with van der Waals surface area (Å²) < 4.78 is 16.1. The van der Waals surface area contributed by atoms with Crippen molar-refractivity contribution in [3.05, 3.63) is 95.6 Å². The molecule has 0 aliphatic rings. The van der Waals surface area contributed by atoms with Crippen molar-refractivity contribution in [2.24, 2.45) is 5.92 Å². The number of nitrogens with one attached hydrogen (secondary N) is 1. The molecule has 0 aliphatic carbocycles. The summed E-state index contributed by atoms with van der Waals surface area (Å²) in [6.07, 6.45) is 2.28. The Morgan fingerprint density at radius 2 is 1.77 bits per heavy atom. The number of halogens is 1. The Hall–Kier alpha value is -3.54. The van der Waals surface area contributed by atoms with Gasteiger partial charge in [-0.25, -0.2) is 14.1 Å². The highest BCUT2D eigenvalue weighted by Crippen LogP contribution is 2.26. The number of aromatic nitrogens is 3. The van der Waals surface area contributed by atoms with Gasteiger partial charge in [0.1, 0.15) is 5.82 Å². The molecule has 0 unspecified atom stereocenters. The van der Waals surface area contributed by atoms with E-state index in [0.717, 1.165) is 22.3 Å². The largest absolute Gasteiger partial charge is 0.343 e. The lowest BCUT2D eigenvalue weighted by Gasteiger charge is -2.18. The van der Waals surface area contributed by atoms with E-state index in [1.165, 1.54) is 12.1 Å². The van der Waals surface area contributed by atoms with Crippen LogP contribution in [0.25, 0.3) is 11.0 Å². The molecule has 0 radical (unpaired) electrons.